The van der Waals surface area contributed by atoms with Crippen LogP contribution >= 0.6 is 0 Å². The molecule has 0 aromatic rings. The van der Waals surface area contributed by atoms with Gasteiger partial charge in [-0.3, -0.25) is 0 Å². The summed E-state index contributed by atoms with van der Waals surface area (Å²) in [4.78, 5) is 9.99. The number of aldehydes is 1. The van der Waals surface area contributed by atoms with Crippen LogP contribution in [-0.2, 0) is 4.79 Å². The van der Waals surface area contributed by atoms with Gasteiger partial charge in [0.1, 0.15) is 6.29 Å². The summed E-state index contributed by atoms with van der Waals surface area (Å²) in [5, 5.41) is 9.18. The second-order valence-corrected chi connectivity index (χ2v) is 2.84. The van der Waals surface area contributed by atoms with Gasteiger partial charge >= 0.3 is 0 Å². The Kier molecular flexibility index (Phi) is 6.29. The van der Waals surface area contributed by atoms with Crippen molar-refractivity contribution in [2.45, 2.75) is 32.3 Å². The van der Waals surface area contributed by atoms with Gasteiger partial charge in [0.25, 0.3) is 0 Å². The number of aliphatic hydroxyl groups is 1. The van der Waals surface area contributed by atoms with Gasteiger partial charge in [-0.2, -0.15) is 0 Å². The molecular formula is C10H16O2. The molecule has 12 heavy (non-hydrogen) atoms. The molecule has 0 aromatic heterocycles. The predicted octanol–water partition coefficient (Wildman–Crippen LogP) is 1.85. The predicted molar refractivity (Wildman–Crippen MR) is 49.9 cm³/mol. The minimum atomic E-state index is -0.490. The summed E-state index contributed by atoms with van der Waals surface area (Å²) in [6.07, 6.45) is 5.60. The molecule has 0 radical (unpaired) electrons. The van der Waals surface area contributed by atoms with E-state index in [0.717, 1.165) is 12.7 Å². The number of carbonyl (C=O) groups is 1. The largest absolute Gasteiger partial charge is 0.393 e. The lowest BCUT2D eigenvalue weighted by Crippen LogP contribution is -2.06. The minimum absolute atomic E-state index is 0.237. The first-order valence-corrected chi connectivity index (χ1v) is 4.10. The van der Waals surface area contributed by atoms with Crippen LogP contribution in [0.15, 0.2) is 24.3 Å². The lowest BCUT2D eigenvalue weighted by atomic mass is 10.1. The van der Waals surface area contributed by atoms with Crippen molar-refractivity contribution in [1.82, 2.24) is 0 Å². The van der Waals surface area contributed by atoms with Crippen LogP contribution in [0.4, 0.5) is 0 Å². The van der Waals surface area contributed by atoms with Crippen molar-refractivity contribution < 1.29 is 9.90 Å². The van der Waals surface area contributed by atoms with E-state index in [-0.39, 0.29) is 6.42 Å². The van der Waals surface area contributed by atoms with Gasteiger partial charge in [0.05, 0.1) is 6.10 Å². The van der Waals surface area contributed by atoms with E-state index < -0.39 is 6.10 Å². The number of allylic oxidation sites excluding steroid dienone is 3. The van der Waals surface area contributed by atoms with Crippen LogP contribution in [-0.4, -0.2) is 17.5 Å². The second kappa shape index (κ2) is 6.80. The molecule has 68 valence electrons. The van der Waals surface area contributed by atoms with E-state index in [4.69, 9.17) is 0 Å². The number of rotatable bonds is 6. The molecule has 2 heteroatoms. The fourth-order valence-corrected chi connectivity index (χ4v) is 0.908. The smallest absolute Gasteiger partial charge is 0.122 e. The van der Waals surface area contributed by atoms with Crippen molar-refractivity contribution in [3.63, 3.8) is 0 Å². The van der Waals surface area contributed by atoms with Crippen molar-refractivity contribution in [2.75, 3.05) is 0 Å². The lowest BCUT2D eigenvalue weighted by molar-refractivity contribution is -0.109. The van der Waals surface area contributed by atoms with Gasteiger partial charge in [-0.15, -0.1) is 0 Å². The molecule has 0 aliphatic heterocycles. The fraction of sp³-hybridized carbons (Fsp3) is 0.500. The van der Waals surface area contributed by atoms with Crippen molar-refractivity contribution in [3.05, 3.63) is 24.3 Å². The number of carbonyl (C=O) groups excluding carboxylic acids is 1. The third-order valence-corrected chi connectivity index (χ3v) is 1.64. The molecule has 1 atom stereocenters. The quantitative estimate of drug-likeness (QED) is 0.485. The molecule has 0 saturated heterocycles. The van der Waals surface area contributed by atoms with Crippen molar-refractivity contribution in [1.29, 1.82) is 0 Å². The number of aliphatic hydroxyl groups excluding tert-OH is 1. The Morgan fingerprint density at radius 3 is 2.83 bits per heavy atom. The van der Waals surface area contributed by atoms with Crippen molar-refractivity contribution in [3.8, 4) is 0 Å². The van der Waals surface area contributed by atoms with E-state index in [1.165, 1.54) is 5.57 Å². The van der Waals surface area contributed by atoms with Gasteiger partial charge in [-0.1, -0.05) is 24.3 Å². The van der Waals surface area contributed by atoms with E-state index in [9.17, 15) is 9.90 Å². The topological polar surface area (TPSA) is 37.3 Å². The van der Waals surface area contributed by atoms with Gasteiger partial charge in [0, 0.05) is 6.42 Å². The van der Waals surface area contributed by atoms with E-state index in [2.05, 4.69) is 6.58 Å². The highest BCUT2D eigenvalue weighted by Crippen LogP contribution is 2.08. The van der Waals surface area contributed by atoms with Crippen LogP contribution in [0, 0.1) is 0 Å². The zero-order chi connectivity index (χ0) is 9.40. The Bertz CT molecular complexity index is 171. The molecular weight excluding hydrogens is 152 g/mol. The Morgan fingerprint density at radius 1 is 1.67 bits per heavy atom. The summed E-state index contributed by atoms with van der Waals surface area (Å²) in [7, 11) is 0. The SMILES string of the molecule is C=CC=C(C)CCC(O)CC=O. The maximum absolute atomic E-state index is 9.99. The zero-order valence-corrected chi connectivity index (χ0v) is 7.49. The monoisotopic (exact) mass is 168 g/mol. The molecule has 0 rings (SSSR count). The van der Waals surface area contributed by atoms with Crippen molar-refractivity contribution in [2.24, 2.45) is 0 Å². The van der Waals surface area contributed by atoms with E-state index in [1.807, 2.05) is 13.0 Å². The molecule has 0 aliphatic carbocycles. The molecule has 0 spiro atoms. The van der Waals surface area contributed by atoms with Crippen LogP contribution in [0.1, 0.15) is 26.2 Å². The molecule has 1 N–H and O–H groups in total. The summed E-state index contributed by atoms with van der Waals surface area (Å²) < 4.78 is 0. The molecule has 0 saturated carbocycles. The minimum Gasteiger partial charge on any atom is -0.393 e. The third kappa shape index (κ3) is 5.86. The average molecular weight is 168 g/mol. The third-order valence-electron chi connectivity index (χ3n) is 1.64. The highest BCUT2D eigenvalue weighted by molar-refractivity contribution is 5.49. The Morgan fingerprint density at radius 2 is 2.33 bits per heavy atom. The molecule has 1 unspecified atom stereocenters. The summed E-state index contributed by atoms with van der Waals surface area (Å²) in [6, 6.07) is 0. The molecule has 0 bridgehead atoms. The van der Waals surface area contributed by atoms with Gasteiger partial charge < -0.3 is 9.90 Å². The average Bonchev–Trinajstić information content (AvgIpc) is 2.02. The molecule has 0 heterocycles. The number of hydrogen-bond acceptors (Lipinski definition) is 2. The Hall–Kier alpha value is -0.890. The maximum atomic E-state index is 9.99. The summed E-state index contributed by atoms with van der Waals surface area (Å²) in [6.45, 7) is 5.55. The van der Waals surface area contributed by atoms with Crippen LogP contribution in [0.3, 0.4) is 0 Å². The van der Waals surface area contributed by atoms with Crippen LogP contribution in [0.2, 0.25) is 0 Å². The highest BCUT2D eigenvalue weighted by atomic mass is 16.3. The fourth-order valence-electron chi connectivity index (χ4n) is 0.908. The van der Waals surface area contributed by atoms with Gasteiger partial charge in [0.2, 0.25) is 0 Å². The highest BCUT2D eigenvalue weighted by Gasteiger charge is 2.02. The van der Waals surface area contributed by atoms with Crippen molar-refractivity contribution >= 4 is 6.29 Å². The first-order valence-electron chi connectivity index (χ1n) is 4.10. The van der Waals surface area contributed by atoms with Crippen LogP contribution in [0.5, 0.6) is 0 Å². The van der Waals surface area contributed by atoms with Gasteiger partial charge in [-0.25, -0.2) is 0 Å². The maximum Gasteiger partial charge on any atom is 0.122 e. The summed E-state index contributed by atoms with van der Waals surface area (Å²) in [5.74, 6) is 0. The van der Waals surface area contributed by atoms with Gasteiger partial charge in [-0.05, 0) is 19.8 Å². The molecule has 0 aliphatic rings. The number of hydrogen-bond donors (Lipinski definition) is 1. The molecule has 0 fully saturated rings. The van der Waals surface area contributed by atoms with E-state index in [0.29, 0.717) is 6.42 Å². The zero-order valence-electron chi connectivity index (χ0n) is 7.49. The molecule has 2 nitrogen and oxygen atoms in total. The standard InChI is InChI=1S/C10H16O2/c1-3-4-9(2)5-6-10(12)7-8-11/h3-4,8,10,12H,1,5-7H2,2H3. The van der Waals surface area contributed by atoms with E-state index >= 15 is 0 Å². The first-order chi connectivity index (χ1) is 5.70. The molecule has 0 aromatic carbocycles. The first kappa shape index (κ1) is 11.1. The Labute approximate surface area is 73.6 Å². The normalized spacial score (nSPS) is 14.0. The summed E-state index contributed by atoms with van der Waals surface area (Å²) >= 11 is 0. The second-order valence-electron chi connectivity index (χ2n) is 2.84. The summed E-state index contributed by atoms with van der Waals surface area (Å²) in [5.41, 5.74) is 1.18. The van der Waals surface area contributed by atoms with Crippen LogP contribution < -0.4 is 0 Å². The lowest BCUT2D eigenvalue weighted by Gasteiger charge is -2.05. The van der Waals surface area contributed by atoms with Gasteiger partial charge in [0.15, 0.2) is 0 Å². The van der Waals surface area contributed by atoms with Crippen LogP contribution in [0.25, 0.3) is 0 Å². The molecule has 0 amide bonds. The Balaban J connectivity index is 3.59. The van der Waals surface area contributed by atoms with E-state index in [1.54, 1.807) is 6.08 Å².